The van der Waals surface area contributed by atoms with Gasteiger partial charge in [-0.3, -0.25) is 14.2 Å². The van der Waals surface area contributed by atoms with Crippen LogP contribution in [0.1, 0.15) is 322 Å². The molecule has 0 rings (SSSR count). The third-order valence-electron chi connectivity index (χ3n) is 16.0. The van der Waals surface area contributed by atoms with Crippen molar-refractivity contribution in [2.24, 2.45) is 0 Å². The number of nitrogens with zero attached hydrogens (tertiary/aromatic N) is 1. The minimum atomic E-state index is -4.65. The molecule has 0 heterocycles. The summed E-state index contributed by atoms with van der Waals surface area (Å²) in [7, 11) is 1.17. The van der Waals surface area contributed by atoms with Crippen LogP contribution in [0.25, 0.3) is 0 Å². The Morgan fingerprint density at radius 2 is 0.633 bits per heavy atom. The molecule has 0 spiro atoms. The van der Waals surface area contributed by atoms with Crippen LogP contribution in [0, 0.1) is 0 Å². The second-order valence-corrected chi connectivity index (χ2v) is 27.3. The van der Waals surface area contributed by atoms with Crippen molar-refractivity contribution in [1.82, 2.24) is 0 Å². The van der Waals surface area contributed by atoms with Crippen molar-refractivity contribution in [2.45, 2.75) is 328 Å². The molecular formula is C80H140NO8P. The number of hydrogen-bond donors (Lipinski definition) is 0. The van der Waals surface area contributed by atoms with E-state index < -0.39 is 26.5 Å². The number of esters is 2. The topological polar surface area (TPSA) is 111 Å². The molecule has 0 bridgehead atoms. The summed E-state index contributed by atoms with van der Waals surface area (Å²) in [5.41, 5.74) is 0. The van der Waals surface area contributed by atoms with Crippen molar-refractivity contribution in [2.75, 3.05) is 47.5 Å². The van der Waals surface area contributed by atoms with Crippen molar-refractivity contribution in [3.8, 4) is 0 Å². The Hall–Kier alpha value is -3.59. The maximum atomic E-state index is 12.9. The average Bonchev–Trinajstić information content (AvgIpc) is 3.62. The lowest BCUT2D eigenvalue weighted by Gasteiger charge is -2.28. The molecule has 0 saturated carbocycles. The fourth-order valence-electron chi connectivity index (χ4n) is 10.3. The molecule has 518 valence electrons. The maximum absolute atomic E-state index is 12.9. The first-order valence-electron chi connectivity index (χ1n) is 37.2. The molecule has 2 atom stereocenters. The highest BCUT2D eigenvalue weighted by atomic mass is 31.2. The number of carbonyl (C=O) groups is 2. The van der Waals surface area contributed by atoms with E-state index in [1.165, 1.54) is 186 Å². The second-order valence-electron chi connectivity index (χ2n) is 25.9. The zero-order valence-corrected chi connectivity index (χ0v) is 59.9. The SMILES string of the molecule is CC/C=C\C/C=C\C/C=C\C/C=C\C/C=C\C/C=C\C/C=C\CCCCCCCCCCCCCCCCCCCCCC(=O)OC(COC(=O)CCCCCCCCCCCC/C=C\C/C=C\C/C=C\CCCCCCC)COP(=O)([O-])OCC[N+](C)(C)C. The number of phosphoric acid groups is 1. The predicted octanol–water partition coefficient (Wildman–Crippen LogP) is 24.0. The summed E-state index contributed by atoms with van der Waals surface area (Å²) < 4.78 is 34.3. The van der Waals surface area contributed by atoms with Gasteiger partial charge in [-0.1, -0.05) is 322 Å². The van der Waals surface area contributed by atoms with Gasteiger partial charge in [-0.25, -0.2) is 0 Å². The first kappa shape index (κ1) is 86.4. The Labute approximate surface area is 556 Å². The van der Waals surface area contributed by atoms with Gasteiger partial charge in [0.2, 0.25) is 0 Å². The predicted molar refractivity (Wildman–Crippen MR) is 388 cm³/mol. The molecule has 0 aliphatic carbocycles. The van der Waals surface area contributed by atoms with Gasteiger partial charge in [-0.15, -0.1) is 0 Å². The Balaban J connectivity index is 3.99. The lowest BCUT2D eigenvalue weighted by atomic mass is 10.0. The molecule has 90 heavy (non-hydrogen) atoms. The first-order chi connectivity index (χ1) is 44.0. The molecule has 0 aromatic rings. The summed E-state index contributed by atoms with van der Waals surface area (Å²) >= 11 is 0. The van der Waals surface area contributed by atoms with Crippen LogP contribution >= 0.6 is 7.82 Å². The molecule has 0 fully saturated rings. The number of unbranched alkanes of at least 4 members (excludes halogenated alkanes) is 34. The van der Waals surface area contributed by atoms with Crippen molar-refractivity contribution in [3.63, 3.8) is 0 Å². The van der Waals surface area contributed by atoms with Crippen LogP contribution in [-0.2, 0) is 32.7 Å². The average molecular weight is 1270 g/mol. The van der Waals surface area contributed by atoms with Gasteiger partial charge in [-0.05, 0) is 109 Å². The quantitative estimate of drug-likeness (QED) is 0.0195. The Bertz CT molecular complexity index is 1940. The number of likely N-dealkylation sites (N-methyl/N-ethyl adjacent to an activating group) is 1. The molecule has 0 saturated heterocycles. The van der Waals surface area contributed by atoms with Gasteiger partial charge in [0.05, 0.1) is 27.7 Å². The van der Waals surface area contributed by atoms with Crippen LogP contribution < -0.4 is 4.89 Å². The summed E-state index contributed by atoms with van der Waals surface area (Å²) in [6.07, 6.45) is 100. The Kier molecular flexibility index (Phi) is 67.0. The standard InChI is InChI=1S/C80H140NO8P/c1-6-8-10-12-14-16-18-20-22-24-26-28-30-32-33-34-35-36-37-38-39-40-41-42-43-44-45-46-47-49-51-53-55-57-59-61-63-65-67-69-71-73-80(83)89-78(77-88-90(84,85)87-75-74-81(3,4)5)76-86-79(82)72-70-68-66-64-62-60-58-56-54-52-50-48-31-29-27-25-23-21-19-17-15-13-11-9-7-2/h8,10,14,16,19-22,25-28,31-33,35-36,38-39,48,78H,6-7,9,11-13,15,17-18,23-24,29-30,34,37,40-47,49-77H2,1-5H3/b10-8-,16-14-,21-19-,22-20-,27-25-,28-26-,33-32-,36-35-,39-38-,48-31-. The van der Waals surface area contributed by atoms with Gasteiger partial charge >= 0.3 is 11.9 Å². The van der Waals surface area contributed by atoms with Crippen molar-refractivity contribution in [3.05, 3.63) is 122 Å². The molecule has 0 aliphatic rings. The van der Waals surface area contributed by atoms with Crippen LogP contribution in [0.4, 0.5) is 0 Å². The van der Waals surface area contributed by atoms with Gasteiger partial charge in [-0.2, -0.15) is 0 Å². The van der Waals surface area contributed by atoms with E-state index >= 15 is 0 Å². The van der Waals surface area contributed by atoms with E-state index in [-0.39, 0.29) is 32.0 Å². The second kappa shape index (κ2) is 69.7. The normalized spacial score (nSPS) is 13.8. The van der Waals surface area contributed by atoms with Gasteiger partial charge in [0.15, 0.2) is 6.10 Å². The van der Waals surface area contributed by atoms with Crippen molar-refractivity contribution >= 4 is 19.8 Å². The maximum Gasteiger partial charge on any atom is 0.306 e. The van der Waals surface area contributed by atoms with Crippen LogP contribution in [-0.4, -0.2) is 70.0 Å². The smallest absolute Gasteiger partial charge is 0.306 e. The number of ether oxygens (including phenoxy) is 2. The van der Waals surface area contributed by atoms with E-state index in [1.54, 1.807) is 0 Å². The van der Waals surface area contributed by atoms with Crippen LogP contribution in [0.2, 0.25) is 0 Å². The summed E-state index contributed by atoms with van der Waals surface area (Å²) in [6, 6.07) is 0. The molecule has 0 aromatic heterocycles. The van der Waals surface area contributed by atoms with Crippen molar-refractivity contribution < 1.29 is 42.1 Å². The highest BCUT2D eigenvalue weighted by Crippen LogP contribution is 2.38. The lowest BCUT2D eigenvalue weighted by Crippen LogP contribution is -2.37. The molecule has 0 amide bonds. The molecule has 0 radical (unpaired) electrons. The first-order valence-corrected chi connectivity index (χ1v) is 38.7. The van der Waals surface area contributed by atoms with E-state index in [0.717, 1.165) is 103 Å². The summed E-state index contributed by atoms with van der Waals surface area (Å²) in [5, 5.41) is 0. The number of allylic oxidation sites excluding steroid dienone is 20. The van der Waals surface area contributed by atoms with Crippen molar-refractivity contribution in [1.29, 1.82) is 0 Å². The number of carbonyl (C=O) groups excluding carboxylic acids is 2. The molecule has 10 heteroatoms. The van der Waals surface area contributed by atoms with E-state index in [9.17, 15) is 19.0 Å². The Morgan fingerprint density at radius 1 is 0.356 bits per heavy atom. The highest BCUT2D eigenvalue weighted by Gasteiger charge is 2.22. The van der Waals surface area contributed by atoms with Crippen LogP contribution in [0.15, 0.2) is 122 Å². The molecule has 9 nitrogen and oxygen atoms in total. The molecule has 0 aliphatic heterocycles. The fraction of sp³-hybridized carbons (Fsp3) is 0.725. The summed E-state index contributed by atoms with van der Waals surface area (Å²) in [6.45, 7) is 4.14. The van der Waals surface area contributed by atoms with Gasteiger partial charge in [0.25, 0.3) is 7.82 Å². The third kappa shape index (κ3) is 73.5. The monoisotopic (exact) mass is 1270 g/mol. The zero-order chi connectivity index (χ0) is 65.5. The van der Waals surface area contributed by atoms with Crippen LogP contribution in [0.5, 0.6) is 0 Å². The zero-order valence-electron chi connectivity index (χ0n) is 59.1. The Morgan fingerprint density at radius 3 is 0.944 bits per heavy atom. The van der Waals surface area contributed by atoms with Gasteiger partial charge < -0.3 is 27.9 Å². The lowest BCUT2D eigenvalue weighted by molar-refractivity contribution is -0.870. The molecule has 2 unspecified atom stereocenters. The van der Waals surface area contributed by atoms with E-state index in [2.05, 4.69) is 135 Å². The summed E-state index contributed by atoms with van der Waals surface area (Å²) in [4.78, 5) is 38.1. The van der Waals surface area contributed by atoms with E-state index in [0.29, 0.717) is 17.4 Å². The number of quaternary nitrogens is 1. The number of phosphoric ester groups is 1. The third-order valence-corrected chi connectivity index (χ3v) is 16.9. The van der Waals surface area contributed by atoms with Gasteiger partial charge in [0.1, 0.15) is 19.8 Å². The minimum absolute atomic E-state index is 0.0342. The summed E-state index contributed by atoms with van der Waals surface area (Å²) in [5.74, 6) is -0.830. The van der Waals surface area contributed by atoms with E-state index in [4.69, 9.17) is 18.5 Å². The largest absolute Gasteiger partial charge is 0.756 e. The van der Waals surface area contributed by atoms with E-state index in [1.807, 2.05) is 21.1 Å². The molecule has 0 aromatic carbocycles. The minimum Gasteiger partial charge on any atom is -0.756 e. The molecular weight excluding hydrogens is 1130 g/mol. The number of rotatable bonds is 68. The molecule has 0 N–H and O–H groups in total. The number of hydrogen-bond acceptors (Lipinski definition) is 8. The van der Waals surface area contributed by atoms with Gasteiger partial charge in [0, 0.05) is 12.8 Å². The van der Waals surface area contributed by atoms with Crippen LogP contribution in [0.3, 0.4) is 0 Å². The fourth-order valence-corrected chi connectivity index (χ4v) is 11.0. The highest BCUT2D eigenvalue weighted by molar-refractivity contribution is 7.45.